The van der Waals surface area contributed by atoms with Gasteiger partial charge in [-0.25, -0.2) is 17.9 Å². The van der Waals surface area contributed by atoms with Crippen molar-refractivity contribution < 1.29 is 23.1 Å². The molecule has 1 aliphatic heterocycles. The molecule has 0 bridgehead atoms. The number of benzene rings is 1. The Kier molecular flexibility index (Phi) is 4.54. The molecule has 1 saturated heterocycles. The van der Waals surface area contributed by atoms with Gasteiger partial charge in [0, 0.05) is 19.1 Å². The number of methoxy groups -OCH3 is 1. The molecule has 2 N–H and O–H groups in total. The smallest absolute Gasteiger partial charge is 0.335 e. The maximum Gasteiger partial charge on any atom is 0.335 e. The molecule has 0 radical (unpaired) electrons. The lowest BCUT2D eigenvalue weighted by atomic mass is 10.2. The summed E-state index contributed by atoms with van der Waals surface area (Å²) in [6.45, 7) is 0.770. The summed E-state index contributed by atoms with van der Waals surface area (Å²) < 4.78 is 32.4. The second-order valence-corrected chi connectivity index (χ2v) is 6.51. The van der Waals surface area contributed by atoms with Gasteiger partial charge >= 0.3 is 5.97 Å². The molecule has 1 aromatic rings. The van der Waals surface area contributed by atoms with Gasteiger partial charge in [0.25, 0.3) is 0 Å². The first-order chi connectivity index (χ1) is 10.4. The van der Waals surface area contributed by atoms with Gasteiger partial charge in [-0.15, -0.1) is 0 Å². The Labute approximate surface area is 128 Å². The van der Waals surface area contributed by atoms with E-state index in [2.05, 4.69) is 4.72 Å². The van der Waals surface area contributed by atoms with Crippen LogP contribution in [0.5, 0.6) is 5.75 Å². The Morgan fingerprint density at radius 2 is 2.27 bits per heavy atom. The minimum Gasteiger partial charge on any atom is -0.495 e. The predicted octanol–water partition coefficient (Wildman–Crippen LogP) is 0.227. The number of nitrogens with one attached hydrogen (secondary N) is 1. The van der Waals surface area contributed by atoms with Crippen LogP contribution < -0.4 is 9.46 Å². The Morgan fingerprint density at radius 3 is 2.82 bits per heavy atom. The maximum atomic E-state index is 12.5. The van der Waals surface area contributed by atoms with Crippen molar-refractivity contribution in [1.82, 2.24) is 9.62 Å². The van der Waals surface area contributed by atoms with E-state index >= 15 is 0 Å². The number of sulfonamides is 1. The number of likely N-dealkylation sites (tertiary alicyclic amines) is 1. The number of ether oxygens (including phenoxy) is 1. The number of carboxylic acids is 1. The van der Waals surface area contributed by atoms with Crippen molar-refractivity contribution in [1.29, 1.82) is 5.26 Å². The number of carbonyl (C=O) groups is 1. The third-order valence-corrected chi connectivity index (χ3v) is 4.89. The van der Waals surface area contributed by atoms with Crippen molar-refractivity contribution in [2.75, 3.05) is 20.2 Å². The summed E-state index contributed by atoms with van der Waals surface area (Å²) in [5, 5.41) is 17.8. The van der Waals surface area contributed by atoms with Crippen molar-refractivity contribution in [3.63, 3.8) is 0 Å². The van der Waals surface area contributed by atoms with Crippen molar-refractivity contribution >= 4 is 16.0 Å². The second kappa shape index (κ2) is 6.21. The van der Waals surface area contributed by atoms with Crippen LogP contribution in [-0.4, -0.2) is 50.6 Å². The van der Waals surface area contributed by atoms with E-state index in [9.17, 15) is 13.2 Å². The van der Waals surface area contributed by atoms with Gasteiger partial charge in [-0.1, -0.05) is 0 Å². The molecule has 8 nitrogen and oxygen atoms in total. The number of hydrogen-bond acceptors (Lipinski definition) is 6. The highest BCUT2D eigenvalue weighted by Gasteiger charge is 2.29. The van der Waals surface area contributed by atoms with Crippen LogP contribution in [0.15, 0.2) is 23.1 Å². The summed E-state index contributed by atoms with van der Waals surface area (Å²) in [7, 11) is -2.64. The lowest BCUT2D eigenvalue weighted by Gasteiger charge is -2.15. The Balaban J connectivity index is 2.30. The molecule has 118 valence electrons. The van der Waals surface area contributed by atoms with Crippen LogP contribution in [0.1, 0.15) is 16.8 Å². The van der Waals surface area contributed by atoms with Crippen LogP contribution in [0.4, 0.5) is 0 Å². The standard InChI is InChI=1S/C13H15N3O5S/c1-21-11-3-2-9(13(17)18)6-12(11)22(19,20)15-10-4-5-16(7-10)8-14/h2-3,6,10,15H,4-5,7H2,1H3,(H,17,18)/t10-/m1/s1. The van der Waals surface area contributed by atoms with Crippen molar-refractivity contribution in [2.45, 2.75) is 17.4 Å². The van der Waals surface area contributed by atoms with E-state index < -0.39 is 22.0 Å². The summed E-state index contributed by atoms with van der Waals surface area (Å²) in [6.07, 6.45) is 2.47. The molecule has 9 heteroatoms. The number of rotatable bonds is 5. The van der Waals surface area contributed by atoms with E-state index in [-0.39, 0.29) is 22.8 Å². The van der Waals surface area contributed by atoms with E-state index in [1.807, 2.05) is 6.19 Å². The molecule has 0 amide bonds. The van der Waals surface area contributed by atoms with Crippen LogP contribution >= 0.6 is 0 Å². The summed E-state index contributed by atoms with van der Waals surface area (Å²) >= 11 is 0. The molecule has 1 aliphatic rings. The Hall–Kier alpha value is -2.31. The first-order valence-electron chi connectivity index (χ1n) is 6.45. The average Bonchev–Trinajstić information content (AvgIpc) is 2.93. The van der Waals surface area contributed by atoms with Crippen LogP contribution in [-0.2, 0) is 10.0 Å². The third kappa shape index (κ3) is 3.29. The molecule has 0 aromatic heterocycles. The molecule has 0 spiro atoms. The first kappa shape index (κ1) is 16.1. The fourth-order valence-electron chi connectivity index (χ4n) is 2.25. The fraction of sp³-hybridized carbons (Fsp3) is 0.385. The van der Waals surface area contributed by atoms with Gasteiger partial charge in [-0.3, -0.25) is 0 Å². The zero-order valence-electron chi connectivity index (χ0n) is 11.8. The average molecular weight is 325 g/mol. The molecule has 22 heavy (non-hydrogen) atoms. The minimum absolute atomic E-state index is 0.0626. The van der Waals surface area contributed by atoms with Gasteiger partial charge in [0.15, 0.2) is 6.19 Å². The zero-order valence-corrected chi connectivity index (χ0v) is 12.6. The van der Waals surface area contributed by atoms with Crippen molar-refractivity contribution in [3.05, 3.63) is 23.8 Å². The van der Waals surface area contributed by atoms with Crippen molar-refractivity contribution in [3.8, 4) is 11.9 Å². The zero-order chi connectivity index (χ0) is 16.3. The largest absolute Gasteiger partial charge is 0.495 e. The van der Waals surface area contributed by atoms with Crippen molar-refractivity contribution in [2.24, 2.45) is 0 Å². The molecule has 0 aliphatic carbocycles. The van der Waals surface area contributed by atoms with Gasteiger partial charge in [-0.2, -0.15) is 5.26 Å². The normalized spacial score (nSPS) is 18.0. The van der Waals surface area contributed by atoms with Crippen LogP contribution in [0.2, 0.25) is 0 Å². The molecule has 1 atom stereocenters. The number of nitrogens with zero attached hydrogens (tertiary/aromatic N) is 2. The van der Waals surface area contributed by atoms with Crippen LogP contribution in [0.25, 0.3) is 0 Å². The molecule has 1 aromatic carbocycles. The number of nitriles is 1. The number of carboxylic acid groups (broad SMARTS) is 1. The second-order valence-electron chi connectivity index (χ2n) is 4.82. The highest BCUT2D eigenvalue weighted by molar-refractivity contribution is 7.89. The third-order valence-electron chi connectivity index (χ3n) is 3.35. The maximum absolute atomic E-state index is 12.5. The van der Waals surface area contributed by atoms with Gasteiger partial charge in [0.1, 0.15) is 10.6 Å². The summed E-state index contributed by atoms with van der Waals surface area (Å²) in [5.74, 6) is -1.16. The molecule has 0 saturated carbocycles. The monoisotopic (exact) mass is 325 g/mol. The molecular weight excluding hydrogens is 310 g/mol. The lowest BCUT2D eigenvalue weighted by Crippen LogP contribution is -2.36. The van der Waals surface area contributed by atoms with Gasteiger partial charge in [0.05, 0.1) is 12.7 Å². The number of hydrogen-bond donors (Lipinski definition) is 2. The van der Waals surface area contributed by atoms with Gasteiger partial charge in [-0.05, 0) is 24.6 Å². The SMILES string of the molecule is COc1ccc(C(=O)O)cc1S(=O)(=O)N[C@@H]1CCN(C#N)C1. The Bertz CT molecular complexity index is 726. The number of aromatic carboxylic acids is 1. The molecule has 2 rings (SSSR count). The Morgan fingerprint density at radius 1 is 1.55 bits per heavy atom. The molecular formula is C13H15N3O5S. The van der Waals surface area contributed by atoms with Gasteiger partial charge < -0.3 is 14.7 Å². The van der Waals surface area contributed by atoms with E-state index in [0.717, 1.165) is 6.07 Å². The highest BCUT2D eigenvalue weighted by atomic mass is 32.2. The van der Waals surface area contributed by atoms with E-state index in [4.69, 9.17) is 15.1 Å². The summed E-state index contributed by atoms with van der Waals surface area (Å²) in [6, 6.07) is 3.23. The molecule has 0 unspecified atom stereocenters. The van der Waals surface area contributed by atoms with Crippen LogP contribution in [0, 0.1) is 11.5 Å². The quantitative estimate of drug-likeness (QED) is 0.743. The lowest BCUT2D eigenvalue weighted by molar-refractivity contribution is 0.0696. The van der Waals surface area contributed by atoms with E-state index in [1.54, 1.807) is 0 Å². The fourth-order valence-corrected chi connectivity index (χ4v) is 3.71. The molecule has 1 heterocycles. The van der Waals surface area contributed by atoms with E-state index in [0.29, 0.717) is 13.0 Å². The predicted molar refractivity (Wildman–Crippen MR) is 75.9 cm³/mol. The minimum atomic E-state index is -3.95. The van der Waals surface area contributed by atoms with Crippen LogP contribution in [0.3, 0.4) is 0 Å². The van der Waals surface area contributed by atoms with Gasteiger partial charge in [0.2, 0.25) is 10.0 Å². The topological polar surface area (TPSA) is 120 Å². The summed E-state index contributed by atoms with van der Waals surface area (Å²) in [4.78, 5) is 12.2. The highest BCUT2D eigenvalue weighted by Crippen LogP contribution is 2.25. The summed E-state index contributed by atoms with van der Waals surface area (Å²) in [5.41, 5.74) is -0.147. The molecule has 1 fully saturated rings. The van der Waals surface area contributed by atoms with E-state index in [1.165, 1.54) is 24.1 Å². The first-order valence-corrected chi connectivity index (χ1v) is 7.94.